The molecule has 2 fully saturated rings. The number of fused-ring (bicyclic) bond motifs is 1. The van der Waals surface area contributed by atoms with Crippen LogP contribution < -0.4 is 0 Å². The van der Waals surface area contributed by atoms with Gasteiger partial charge in [0.2, 0.25) is 0 Å². The Labute approximate surface area is 148 Å². The van der Waals surface area contributed by atoms with E-state index in [9.17, 15) is 13.2 Å². The first-order valence-electron chi connectivity index (χ1n) is 8.12. The van der Waals surface area contributed by atoms with Crippen LogP contribution in [0.4, 0.5) is 13.2 Å². The largest absolute Gasteiger partial charge is 0.490 e. The van der Waals surface area contributed by atoms with Crippen LogP contribution in [-0.2, 0) is 20.8 Å². The first-order chi connectivity index (χ1) is 11.8. The highest BCUT2D eigenvalue weighted by Gasteiger charge is 2.44. The van der Waals surface area contributed by atoms with E-state index in [1.165, 1.54) is 17.7 Å². The number of ether oxygens (including phenoxy) is 2. The zero-order valence-corrected chi connectivity index (χ0v) is 14.7. The lowest BCUT2D eigenvalue weighted by atomic mass is 10.0. The van der Waals surface area contributed by atoms with Crippen LogP contribution in [0.15, 0.2) is 17.5 Å². The number of halogens is 3. The Kier molecular flexibility index (Phi) is 7.24. The average Bonchev–Trinajstić information content (AvgIpc) is 3.17. The molecule has 9 heteroatoms. The van der Waals surface area contributed by atoms with Gasteiger partial charge in [-0.1, -0.05) is 6.07 Å². The van der Waals surface area contributed by atoms with E-state index in [2.05, 4.69) is 29.3 Å². The van der Waals surface area contributed by atoms with Crippen LogP contribution in [0.2, 0.25) is 0 Å². The maximum absolute atomic E-state index is 10.6. The summed E-state index contributed by atoms with van der Waals surface area (Å²) in [7, 11) is 0. The van der Waals surface area contributed by atoms with E-state index in [4.69, 9.17) is 19.4 Å². The van der Waals surface area contributed by atoms with Gasteiger partial charge in [-0.2, -0.15) is 13.2 Å². The Morgan fingerprint density at radius 1 is 1.52 bits per heavy atom. The fourth-order valence-electron chi connectivity index (χ4n) is 3.15. The molecule has 0 aliphatic carbocycles. The molecule has 0 unspecified atom stereocenters. The first-order valence-corrected chi connectivity index (χ1v) is 9.00. The normalized spacial score (nSPS) is 26.6. The maximum Gasteiger partial charge on any atom is 0.490 e. The minimum atomic E-state index is -5.08. The molecular formula is C16H22F3NO4S. The monoisotopic (exact) mass is 381 g/mol. The van der Waals surface area contributed by atoms with Crippen LogP contribution in [0.5, 0.6) is 0 Å². The molecular weight excluding hydrogens is 359 g/mol. The number of thiophene rings is 1. The number of carboxylic acids is 1. The van der Waals surface area contributed by atoms with E-state index in [0.29, 0.717) is 12.1 Å². The molecule has 0 saturated carbocycles. The molecule has 5 nitrogen and oxygen atoms in total. The summed E-state index contributed by atoms with van der Waals surface area (Å²) in [6.07, 6.45) is -2.10. The number of carbonyl (C=O) groups is 1. The second kappa shape index (κ2) is 8.98. The Morgan fingerprint density at radius 3 is 2.80 bits per heavy atom. The van der Waals surface area contributed by atoms with Crippen molar-refractivity contribution in [3.05, 3.63) is 22.4 Å². The first kappa shape index (κ1) is 20.2. The quantitative estimate of drug-likeness (QED) is 0.868. The fraction of sp³-hybridized carbons (Fsp3) is 0.688. The Bertz CT molecular complexity index is 538. The van der Waals surface area contributed by atoms with Crippen molar-refractivity contribution in [3.63, 3.8) is 0 Å². The van der Waals surface area contributed by atoms with Gasteiger partial charge in [-0.25, -0.2) is 4.79 Å². The second-order valence-electron chi connectivity index (χ2n) is 5.85. The van der Waals surface area contributed by atoms with Crippen LogP contribution in [0.25, 0.3) is 0 Å². The highest BCUT2D eigenvalue weighted by atomic mass is 32.1. The van der Waals surface area contributed by atoms with Gasteiger partial charge < -0.3 is 14.6 Å². The van der Waals surface area contributed by atoms with Crippen LogP contribution >= 0.6 is 11.3 Å². The van der Waals surface area contributed by atoms with Gasteiger partial charge in [0.1, 0.15) is 6.10 Å². The van der Waals surface area contributed by atoms with Crippen LogP contribution in [0.1, 0.15) is 24.6 Å². The summed E-state index contributed by atoms with van der Waals surface area (Å²) in [5.41, 5.74) is 0. The average molecular weight is 381 g/mol. The number of hydrogen-bond donors (Lipinski definition) is 1. The summed E-state index contributed by atoms with van der Waals surface area (Å²) in [5.74, 6) is -2.76. The lowest BCUT2D eigenvalue weighted by Gasteiger charge is -2.32. The highest BCUT2D eigenvalue weighted by molar-refractivity contribution is 7.09. The minimum absolute atomic E-state index is 0.264. The summed E-state index contributed by atoms with van der Waals surface area (Å²) < 4.78 is 43.5. The lowest BCUT2D eigenvalue weighted by Crippen LogP contribution is -2.41. The van der Waals surface area contributed by atoms with Gasteiger partial charge in [0.15, 0.2) is 0 Å². The van der Waals surface area contributed by atoms with Crippen molar-refractivity contribution in [2.45, 2.75) is 50.7 Å². The van der Waals surface area contributed by atoms with Crippen molar-refractivity contribution in [2.24, 2.45) is 0 Å². The fourth-order valence-corrected chi connectivity index (χ4v) is 3.88. The lowest BCUT2D eigenvalue weighted by molar-refractivity contribution is -0.192. The van der Waals surface area contributed by atoms with Crippen molar-refractivity contribution in [1.29, 1.82) is 0 Å². The van der Waals surface area contributed by atoms with Gasteiger partial charge in [-0.3, -0.25) is 4.90 Å². The van der Waals surface area contributed by atoms with Crippen LogP contribution in [0, 0.1) is 0 Å². The summed E-state index contributed by atoms with van der Waals surface area (Å²) in [6.45, 7) is 5.81. The number of nitrogens with zero attached hydrogens (tertiary/aromatic N) is 1. The van der Waals surface area contributed by atoms with Gasteiger partial charge in [-0.15, -0.1) is 11.3 Å². The topological polar surface area (TPSA) is 59.0 Å². The van der Waals surface area contributed by atoms with E-state index >= 15 is 0 Å². The number of likely N-dealkylation sites (tertiary alicyclic amines) is 1. The molecule has 0 radical (unpaired) electrons. The number of carboxylic acid groups (broad SMARTS) is 1. The molecule has 1 aromatic heterocycles. The molecule has 2 aliphatic heterocycles. The van der Waals surface area contributed by atoms with E-state index in [0.717, 1.165) is 26.3 Å². The van der Waals surface area contributed by atoms with Crippen molar-refractivity contribution < 1.29 is 32.5 Å². The maximum atomic E-state index is 10.6. The third-order valence-corrected chi connectivity index (χ3v) is 5.01. The molecule has 0 amide bonds. The van der Waals surface area contributed by atoms with Crippen molar-refractivity contribution in [3.8, 4) is 0 Å². The molecule has 3 heterocycles. The standard InChI is InChI=1S/C14H21NO2S.C2HF3O2/c1-2-16-13-10-15(9-11-5-4-8-18-11)12-6-3-7-17-14(12)13;3-2(4,5)1(6)7/h4-5,8,12-14H,2-3,6-7,9-10H2,1H3;(H,6,7)/t12-,13+,14+;/m1./s1. The molecule has 1 aromatic rings. The predicted molar refractivity (Wildman–Crippen MR) is 86.6 cm³/mol. The van der Waals surface area contributed by atoms with E-state index in [1.807, 2.05) is 11.3 Å². The summed E-state index contributed by atoms with van der Waals surface area (Å²) >= 11 is 1.84. The van der Waals surface area contributed by atoms with Gasteiger partial charge in [-0.05, 0) is 31.2 Å². The Hall–Kier alpha value is -1.16. The minimum Gasteiger partial charge on any atom is -0.475 e. The molecule has 25 heavy (non-hydrogen) atoms. The molecule has 2 aliphatic rings. The zero-order valence-electron chi connectivity index (χ0n) is 13.9. The molecule has 0 bridgehead atoms. The van der Waals surface area contributed by atoms with E-state index < -0.39 is 12.1 Å². The predicted octanol–water partition coefficient (Wildman–Crippen LogP) is 3.15. The highest BCUT2D eigenvalue weighted by Crippen LogP contribution is 2.32. The number of aliphatic carboxylic acids is 1. The Balaban J connectivity index is 0.000000277. The SMILES string of the molecule is CCO[C@H]1CN(Cc2cccs2)[C@@H]2CCCO[C@H]12.O=C(O)C(F)(F)F. The molecule has 0 spiro atoms. The number of hydrogen-bond acceptors (Lipinski definition) is 5. The molecule has 0 aromatic carbocycles. The van der Waals surface area contributed by atoms with Gasteiger partial charge in [0, 0.05) is 37.2 Å². The summed E-state index contributed by atoms with van der Waals surface area (Å²) in [4.78, 5) is 12.9. The van der Waals surface area contributed by atoms with E-state index in [-0.39, 0.29) is 6.10 Å². The third-order valence-electron chi connectivity index (χ3n) is 4.15. The van der Waals surface area contributed by atoms with Crippen molar-refractivity contribution >= 4 is 17.3 Å². The summed E-state index contributed by atoms with van der Waals surface area (Å²) in [6, 6.07) is 4.90. The third kappa shape index (κ3) is 5.67. The molecule has 142 valence electrons. The van der Waals surface area contributed by atoms with Gasteiger partial charge >= 0.3 is 12.1 Å². The van der Waals surface area contributed by atoms with Crippen molar-refractivity contribution in [1.82, 2.24) is 4.90 Å². The second-order valence-corrected chi connectivity index (χ2v) is 6.88. The zero-order chi connectivity index (χ0) is 18.4. The molecule has 3 atom stereocenters. The molecule has 1 N–H and O–H groups in total. The van der Waals surface area contributed by atoms with Crippen LogP contribution in [-0.4, -0.2) is 60.2 Å². The van der Waals surface area contributed by atoms with E-state index in [1.54, 1.807) is 0 Å². The number of rotatable bonds is 4. The smallest absolute Gasteiger partial charge is 0.475 e. The molecule has 2 saturated heterocycles. The van der Waals surface area contributed by atoms with Gasteiger partial charge in [0.25, 0.3) is 0 Å². The van der Waals surface area contributed by atoms with Crippen LogP contribution in [0.3, 0.4) is 0 Å². The summed E-state index contributed by atoms with van der Waals surface area (Å²) in [5, 5.41) is 9.28. The van der Waals surface area contributed by atoms with Crippen molar-refractivity contribution in [2.75, 3.05) is 19.8 Å². The van der Waals surface area contributed by atoms with Gasteiger partial charge in [0.05, 0.1) is 6.10 Å². The molecule has 3 rings (SSSR count). The number of alkyl halides is 3. The Morgan fingerprint density at radius 2 is 2.24 bits per heavy atom.